The van der Waals surface area contributed by atoms with Gasteiger partial charge in [0.25, 0.3) is 0 Å². The molecule has 0 spiro atoms. The van der Waals surface area contributed by atoms with E-state index in [2.05, 4.69) is 12.9 Å². The molecule has 40 heavy (non-hydrogen) atoms. The summed E-state index contributed by atoms with van der Waals surface area (Å²) in [5, 5.41) is 0.153. The number of benzene rings is 3. The number of hydrogen-bond acceptors (Lipinski definition) is 6. The molecule has 5 nitrogen and oxygen atoms in total. The van der Waals surface area contributed by atoms with Crippen molar-refractivity contribution in [1.82, 2.24) is 0 Å². The number of nitrogens with zero attached hydrogens (tertiary/aromatic N) is 2. The fraction of sp³-hybridized carbons (Fsp3) is 0.154. The Bertz CT molecular complexity index is 1600. The molecule has 0 fully saturated rings. The SMILES string of the molecule is O=C1CCC(=Nc2cccc(N=C3CCC(=O)c4c(Cl)c(Cl)c(Cl)c(Cl)c43)c2OS)c2c(Cl)c(Cl)c(Cl)c(Cl)c21. The molecule has 0 heterocycles. The summed E-state index contributed by atoms with van der Waals surface area (Å²) >= 11 is 54.8. The van der Waals surface area contributed by atoms with Gasteiger partial charge in [0.2, 0.25) is 0 Å². The zero-order valence-corrected chi connectivity index (χ0v) is 26.6. The number of thiol groups is 1. The lowest BCUT2D eigenvalue weighted by Gasteiger charge is -2.22. The fourth-order valence-corrected chi connectivity index (χ4v) is 6.91. The van der Waals surface area contributed by atoms with Crippen LogP contribution in [0, 0.1) is 0 Å². The summed E-state index contributed by atoms with van der Waals surface area (Å²) in [6, 6.07) is 5.04. The Morgan fingerprint density at radius 3 is 1.25 bits per heavy atom. The molecule has 14 heteroatoms. The molecule has 0 saturated carbocycles. The Hall–Kier alpha value is -1.19. The van der Waals surface area contributed by atoms with Crippen molar-refractivity contribution in [2.45, 2.75) is 25.7 Å². The van der Waals surface area contributed by atoms with Crippen molar-refractivity contribution >= 4 is 140 Å². The zero-order chi connectivity index (χ0) is 29.0. The third-order valence-electron chi connectivity index (χ3n) is 6.42. The number of carbonyl (C=O) groups is 2. The standard InChI is InChI=1S/C26H12Cl8N2O3S/c27-18-14-8(4-6-12(37)16(14)20(29)24(33)22(18)31)35-10-2-1-3-11(26(10)39-40)36-9-5-7-13(38)17-15(9)19(28)23(32)25(34)21(17)30/h1-3,40H,4-7H2. The predicted octanol–water partition coefficient (Wildman–Crippen LogP) is 11.3. The van der Waals surface area contributed by atoms with Crippen LogP contribution in [0.3, 0.4) is 0 Å². The van der Waals surface area contributed by atoms with E-state index in [1.807, 2.05) is 0 Å². The van der Waals surface area contributed by atoms with E-state index in [4.69, 9.17) is 107 Å². The monoisotopic (exact) mass is 712 g/mol. The first-order valence-corrected chi connectivity index (χ1v) is 14.7. The normalized spacial score (nSPS) is 16.9. The van der Waals surface area contributed by atoms with Gasteiger partial charge >= 0.3 is 0 Å². The highest BCUT2D eigenvalue weighted by atomic mass is 35.5. The molecule has 0 unspecified atom stereocenters. The molecule has 0 aromatic heterocycles. The maximum atomic E-state index is 12.7. The highest BCUT2D eigenvalue weighted by Gasteiger charge is 2.33. The lowest BCUT2D eigenvalue weighted by atomic mass is 9.88. The summed E-state index contributed by atoms with van der Waals surface area (Å²) in [5.74, 6) is -0.276. The van der Waals surface area contributed by atoms with E-state index in [1.54, 1.807) is 18.2 Å². The summed E-state index contributed by atoms with van der Waals surface area (Å²) in [7, 11) is 0. The smallest absolute Gasteiger partial charge is 0.188 e. The van der Waals surface area contributed by atoms with Crippen LogP contribution >= 0.6 is 106 Å². The molecule has 206 valence electrons. The molecule has 3 aromatic rings. The van der Waals surface area contributed by atoms with Crippen molar-refractivity contribution in [2.75, 3.05) is 0 Å². The van der Waals surface area contributed by atoms with Crippen LogP contribution in [0.5, 0.6) is 5.75 Å². The molecule has 0 bridgehead atoms. The number of fused-ring (bicyclic) bond motifs is 2. The van der Waals surface area contributed by atoms with Crippen molar-refractivity contribution in [3.8, 4) is 5.75 Å². The number of Topliss-reactive ketones (excluding diaryl/α,β-unsaturated/α-hetero) is 2. The quantitative estimate of drug-likeness (QED) is 0.127. The van der Waals surface area contributed by atoms with Crippen molar-refractivity contribution in [3.05, 3.63) is 80.6 Å². The summed E-state index contributed by atoms with van der Waals surface area (Å²) in [6.07, 6.45) is 0.777. The first-order chi connectivity index (χ1) is 19.0. The Morgan fingerprint density at radius 2 is 0.900 bits per heavy atom. The average molecular weight is 716 g/mol. The number of aliphatic imine (C=N–C) groups is 2. The van der Waals surface area contributed by atoms with Crippen molar-refractivity contribution < 1.29 is 13.8 Å². The van der Waals surface area contributed by atoms with E-state index in [1.165, 1.54) is 0 Å². The van der Waals surface area contributed by atoms with Gasteiger partial charge in [0.05, 0.1) is 51.6 Å². The van der Waals surface area contributed by atoms with E-state index < -0.39 is 0 Å². The summed E-state index contributed by atoms with van der Waals surface area (Å²) in [5.41, 5.74) is 2.45. The maximum absolute atomic E-state index is 12.7. The molecule has 0 atom stereocenters. The lowest BCUT2D eigenvalue weighted by molar-refractivity contribution is 0.0974. The molecule has 2 aliphatic carbocycles. The number of para-hydroxylation sites is 1. The van der Waals surface area contributed by atoms with Crippen LogP contribution in [-0.2, 0) is 0 Å². The van der Waals surface area contributed by atoms with Crippen LogP contribution in [-0.4, -0.2) is 23.0 Å². The maximum Gasteiger partial charge on any atom is 0.188 e. The predicted molar refractivity (Wildman–Crippen MR) is 169 cm³/mol. The number of halogens is 8. The van der Waals surface area contributed by atoms with Crippen molar-refractivity contribution in [2.24, 2.45) is 9.98 Å². The van der Waals surface area contributed by atoms with Gasteiger partial charge in [-0.15, -0.1) is 0 Å². The van der Waals surface area contributed by atoms with Crippen LogP contribution in [0.1, 0.15) is 57.5 Å². The minimum absolute atomic E-state index is 0.00843. The zero-order valence-electron chi connectivity index (χ0n) is 19.7. The first-order valence-electron chi connectivity index (χ1n) is 11.4. The van der Waals surface area contributed by atoms with Crippen molar-refractivity contribution in [3.63, 3.8) is 0 Å². The Kier molecular flexibility index (Phi) is 8.95. The minimum atomic E-state index is -0.231. The average Bonchev–Trinajstić information content (AvgIpc) is 2.94. The molecule has 0 saturated heterocycles. The molecule has 0 aliphatic heterocycles. The molecule has 0 N–H and O–H groups in total. The van der Waals surface area contributed by atoms with Crippen LogP contribution in [0.15, 0.2) is 28.2 Å². The van der Waals surface area contributed by atoms with E-state index >= 15 is 0 Å². The Morgan fingerprint density at radius 1 is 0.550 bits per heavy atom. The molecule has 0 radical (unpaired) electrons. The van der Waals surface area contributed by atoms with Crippen LogP contribution in [0.25, 0.3) is 0 Å². The molecular weight excluding hydrogens is 704 g/mol. The van der Waals surface area contributed by atoms with Gasteiger partial charge in [-0.3, -0.25) is 9.59 Å². The van der Waals surface area contributed by atoms with E-state index in [0.29, 0.717) is 33.9 Å². The highest BCUT2D eigenvalue weighted by molar-refractivity contribution is 7.75. The van der Waals surface area contributed by atoms with Crippen LogP contribution in [0.2, 0.25) is 40.2 Å². The van der Waals surface area contributed by atoms with Crippen molar-refractivity contribution in [1.29, 1.82) is 0 Å². The van der Waals surface area contributed by atoms with Gasteiger partial charge in [-0.1, -0.05) is 98.9 Å². The van der Waals surface area contributed by atoms with Gasteiger partial charge in [0.15, 0.2) is 17.3 Å². The summed E-state index contributed by atoms with van der Waals surface area (Å²) in [6.45, 7) is 0. The number of ketones is 2. The van der Waals surface area contributed by atoms with E-state index in [-0.39, 0.29) is 94.3 Å². The van der Waals surface area contributed by atoms with Gasteiger partial charge in [-0.05, 0) is 25.0 Å². The second-order valence-electron chi connectivity index (χ2n) is 8.69. The third-order valence-corrected chi connectivity index (χ3v) is 10.2. The van der Waals surface area contributed by atoms with E-state index in [0.717, 1.165) is 0 Å². The van der Waals surface area contributed by atoms with Crippen LogP contribution < -0.4 is 4.18 Å². The summed E-state index contributed by atoms with van der Waals surface area (Å²) < 4.78 is 5.41. The number of hydrogen-bond donors (Lipinski definition) is 1. The Labute approximate surface area is 273 Å². The first kappa shape index (κ1) is 30.3. The minimum Gasteiger partial charge on any atom is -0.424 e. The fourth-order valence-electron chi connectivity index (χ4n) is 4.59. The van der Waals surface area contributed by atoms with Crippen LogP contribution in [0.4, 0.5) is 11.4 Å². The Balaban J connectivity index is 1.69. The third kappa shape index (κ3) is 5.04. The molecule has 5 rings (SSSR count). The van der Waals surface area contributed by atoms with Gasteiger partial charge in [-0.25, -0.2) is 9.98 Å². The molecule has 3 aromatic carbocycles. The highest BCUT2D eigenvalue weighted by Crippen LogP contribution is 2.48. The lowest BCUT2D eigenvalue weighted by Crippen LogP contribution is -2.19. The molecule has 2 aliphatic rings. The molecular formula is C26H12Cl8N2O3S. The van der Waals surface area contributed by atoms with E-state index in [9.17, 15) is 9.59 Å². The van der Waals surface area contributed by atoms with Gasteiger partial charge in [-0.2, -0.15) is 0 Å². The number of rotatable bonds is 3. The largest absolute Gasteiger partial charge is 0.424 e. The second-order valence-corrected chi connectivity index (χ2v) is 11.9. The summed E-state index contributed by atoms with van der Waals surface area (Å²) in [4.78, 5) is 34.9. The second kappa shape index (κ2) is 11.8. The van der Waals surface area contributed by atoms with Gasteiger partial charge in [0.1, 0.15) is 11.4 Å². The number of carbonyl (C=O) groups excluding carboxylic acids is 2. The van der Waals surface area contributed by atoms with Gasteiger partial charge in [0, 0.05) is 48.0 Å². The molecule has 0 amide bonds. The van der Waals surface area contributed by atoms with Gasteiger partial charge < -0.3 is 4.18 Å². The topological polar surface area (TPSA) is 68.1 Å².